The van der Waals surface area contributed by atoms with E-state index in [2.05, 4.69) is 26.2 Å². The predicted octanol–water partition coefficient (Wildman–Crippen LogP) is 2.41. The third kappa shape index (κ3) is 1.91. The first-order valence-corrected chi connectivity index (χ1v) is 7.76. The van der Waals surface area contributed by atoms with Gasteiger partial charge in [-0.3, -0.25) is 4.57 Å². The third-order valence-electron chi connectivity index (χ3n) is 3.86. The number of nitriles is 1. The molecule has 7 heteroatoms. The molecule has 4 rings (SSSR count). The van der Waals surface area contributed by atoms with Gasteiger partial charge < -0.3 is 0 Å². The quantitative estimate of drug-likeness (QED) is 0.644. The molecule has 0 N–H and O–H groups in total. The second kappa shape index (κ2) is 4.90. The van der Waals surface area contributed by atoms with E-state index in [4.69, 9.17) is 5.26 Å². The normalized spacial score (nSPS) is 14.6. The fourth-order valence-electron chi connectivity index (χ4n) is 2.90. The molecule has 0 unspecified atom stereocenters. The average molecular weight is 296 g/mol. The number of aryl methyl sites for hydroxylation is 2. The minimum atomic E-state index is 0.253. The van der Waals surface area contributed by atoms with Crippen LogP contribution >= 0.6 is 11.3 Å². The van der Waals surface area contributed by atoms with E-state index in [1.54, 1.807) is 28.6 Å². The number of nitrogens with zero attached hydrogens (tertiary/aromatic N) is 6. The van der Waals surface area contributed by atoms with Crippen molar-refractivity contribution in [3.05, 3.63) is 28.9 Å². The second-order valence-corrected chi connectivity index (χ2v) is 6.16. The summed E-state index contributed by atoms with van der Waals surface area (Å²) >= 11 is 1.75. The second-order valence-electron chi connectivity index (χ2n) is 5.08. The molecule has 1 aliphatic carbocycles. The van der Waals surface area contributed by atoms with Crippen molar-refractivity contribution in [3.63, 3.8) is 0 Å². The zero-order valence-corrected chi connectivity index (χ0v) is 12.1. The van der Waals surface area contributed by atoms with Gasteiger partial charge in [0.05, 0.1) is 5.39 Å². The van der Waals surface area contributed by atoms with E-state index in [-0.39, 0.29) is 5.82 Å². The van der Waals surface area contributed by atoms with E-state index in [9.17, 15) is 0 Å². The van der Waals surface area contributed by atoms with Crippen LogP contribution in [0.5, 0.6) is 0 Å². The summed E-state index contributed by atoms with van der Waals surface area (Å²) < 4.78 is 1.65. The largest absolute Gasteiger partial charge is 0.256 e. The third-order valence-corrected chi connectivity index (χ3v) is 5.06. The zero-order chi connectivity index (χ0) is 14.2. The van der Waals surface area contributed by atoms with Crippen LogP contribution in [0.4, 0.5) is 0 Å². The van der Waals surface area contributed by atoms with Gasteiger partial charge in [0.15, 0.2) is 5.82 Å². The molecule has 21 heavy (non-hydrogen) atoms. The lowest BCUT2D eigenvalue weighted by Crippen LogP contribution is -2.02. The summed E-state index contributed by atoms with van der Waals surface area (Å²) in [6.07, 6.45) is 8.96. The summed E-state index contributed by atoms with van der Waals surface area (Å²) in [4.78, 5) is 11.2. The Labute approximate surface area is 125 Å². The molecule has 0 aliphatic heterocycles. The van der Waals surface area contributed by atoms with Gasteiger partial charge in [-0.1, -0.05) is 6.42 Å². The molecular weight excluding hydrogens is 284 g/mol. The van der Waals surface area contributed by atoms with Crippen LogP contribution in [0.1, 0.15) is 35.5 Å². The summed E-state index contributed by atoms with van der Waals surface area (Å²) in [5.41, 5.74) is 1.35. The summed E-state index contributed by atoms with van der Waals surface area (Å²) in [6.45, 7) is 0. The van der Waals surface area contributed by atoms with E-state index in [0.717, 1.165) is 28.9 Å². The molecule has 0 bridgehead atoms. The molecule has 3 heterocycles. The van der Waals surface area contributed by atoms with Crippen molar-refractivity contribution < 1.29 is 0 Å². The molecule has 0 saturated carbocycles. The molecule has 1 aliphatic rings. The maximum absolute atomic E-state index is 9.16. The highest BCUT2D eigenvalue weighted by Crippen LogP contribution is 2.36. The fraction of sp³-hybridized carbons (Fsp3) is 0.357. The maximum Gasteiger partial charge on any atom is 0.240 e. The lowest BCUT2D eigenvalue weighted by atomic mass is 10.1. The highest BCUT2D eigenvalue weighted by atomic mass is 32.1. The average Bonchev–Trinajstić information content (AvgIpc) is 3.05. The van der Waals surface area contributed by atoms with E-state index < -0.39 is 0 Å². The van der Waals surface area contributed by atoms with Gasteiger partial charge in [0, 0.05) is 4.88 Å². The highest BCUT2D eigenvalue weighted by Gasteiger charge is 2.20. The Morgan fingerprint density at radius 2 is 2.10 bits per heavy atom. The number of hydrogen-bond acceptors (Lipinski definition) is 6. The Bertz CT molecular complexity index is 856. The molecule has 0 fully saturated rings. The highest BCUT2D eigenvalue weighted by molar-refractivity contribution is 7.18. The van der Waals surface area contributed by atoms with Crippen LogP contribution in [0.2, 0.25) is 0 Å². The van der Waals surface area contributed by atoms with Crippen LogP contribution in [0.25, 0.3) is 16.0 Å². The fourth-order valence-corrected chi connectivity index (χ4v) is 4.12. The molecular formula is C14H12N6S. The van der Waals surface area contributed by atoms with Gasteiger partial charge in [-0.15, -0.1) is 21.5 Å². The Morgan fingerprint density at radius 1 is 1.19 bits per heavy atom. The van der Waals surface area contributed by atoms with Crippen molar-refractivity contribution in [2.45, 2.75) is 32.1 Å². The number of hydrogen-bond donors (Lipinski definition) is 0. The maximum atomic E-state index is 9.16. The monoisotopic (exact) mass is 296 g/mol. The summed E-state index contributed by atoms with van der Waals surface area (Å²) in [5.74, 6) is 0.976. The molecule has 0 atom stereocenters. The van der Waals surface area contributed by atoms with E-state index in [1.165, 1.54) is 29.7 Å². The lowest BCUT2D eigenvalue weighted by molar-refractivity contribution is 0.713. The molecule has 0 amide bonds. The first-order chi connectivity index (χ1) is 10.4. The van der Waals surface area contributed by atoms with Gasteiger partial charge in [-0.25, -0.2) is 9.97 Å². The van der Waals surface area contributed by atoms with Gasteiger partial charge in [0.2, 0.25) is 5.82 Å². The minimum Gasteiger partial charge on any atom is -0.256 e. The van der Waals surface area contributed by atoms with Crippen molar-refractivity contribution in [2.75, 3.05) is 0 Å². The lowest BCUT2D eigenvalue weighted by Gasteiger charge is -2.05. The van der Waals surface area contributed by atoms with Crippen molar-refractivity contribution in [1.29, 1.82) is 5.26 Å². The molecule has 0 saturated heterocycles. The molecule has 0 radical (unpaired) electrons. The van der Waals surface area contributed by atoms with E-state index >= 15 is 0 Å². The van der Waals surface area contributed by atoms with Crippen LogP contribution < -0.4 is 0 Å². The number of aromatic nitrogens is 5. The van der Waals surface area contributed by atoms with Crippen LogP contribution in [0, 0.1) is 11.3 Å². The van der Waals surface area contributed by atoms with Gasteiger partial charge in [-0.2, -0.15) is 5.26 Å². The van der Waals surface area contributed by atoms with Gasteiger partial charge in [0.25, 0.3) is 0 Å². The standard InChI is InChI=1S/C14H12N6S/c15-6-11-19-18-8-20(11)13-12-9-4-2-1-3-5-10(9)21-14(12)17-7-16-13/h7-8H,1-5H2. The van der Waals surface area contributed by atoms with E-state index in [1.807, 2.05) is 0 Å². The summed E-state index contributed by atoms with van der Waals surface area (Å²) in [5, 5.41) is 17.9. The topological polar surface area (TPSA) is 80.3 Å². The van der Waals surface area contributed by atoms with E-state index in [0.29, 0.717) is 0 Å². The van der Waals surface area contributed by atoms with Crippen LogP contribution in [0.3, 0.4) is 0 Å². The Morgan fingerprint density at radius 3 is 3.00 bits per heavy atom. The Hall–Kier alpha value is -2.33. The van der Waals surface area contributed by atoms with Gasteiger partial charge in [0.1, 0.15) is 23.6 Å². The molecule has 3 aromatic rings. The van der Waals surface area contributed by atoms with Crippen LogP contribution in [-0.4, -0.2) is 24.7 Å². The number of rotatable bonds is 1. The van der Waals surface area contributed by atoms with Crippen molar-refractivity contribution >= 4 is 21.6 Å². The summed E-state index contributed by atoms with van der Waals surface area (Å²) in [7, 11) is 0. The first kappa shape index (κ1) is 12.4. The van der Waals surface area contributed by atoms with Gasteiger partial charge >= 0.3 is 0 Å². The molecule has 104 valence electrons. The number of fused-ring (bicyclic) bond motifs is 3. The minimum absolute atomic E-state index is 0.253. The number of thiophene rings is 1. The van der Waals surface area contributed by atoms with Crippen molar-refractivity contribution in [2.24, 2.45) is 0 Å². The molecule has 3 aromatic heterocycles. The Kier molecular flexibility index (Phi) is 2.89. The first-order valence-electron chi connectivity index (χ1n) is 6.94. The SMILES string of the molecule is N#Cc1nncn1-c1ncnc2sc3c(c12)CCCCC3. The zero-order valence-electron chi connectivity index (χ0n) is 11.3. The predicted molar refractivity (Wildman–Crippen MR) is 78.3 cm³/mol. The van der Waals surface area contributed by atoms with Crippen molar-refractivity contribution in [1.82, 2.24) is 24.7 Å². The van der Waals surface area contributed by atoms with Crippen LogP contribution in [-0.2, 0) is 12.8 Å². The summed E-state index contributed by atoms with van der Waals surface area (Å²) in [6, 6.07) is 2.06. The molecule has 6 nitrogen and oxygen atoms in total. The molecule has 0 aromatic carbocycles. The Balaban J connectivity index is 2.02. The van der Waals surface area contributed by atoms with Gasteiger partial charge in [-0.05, 0) is 31.2 Å². The van der Waals surface area contributed by atoms with Crippen molar-refractivity contribution in [3.8, 4) is 11.9 Å². The van der Waals surface area contributed by atoms with Crippen LogP contribution in [0.15, 0.2) is 12.7 Å². The smallest absolute Gasteiger partial charge is 0.240 e. The molecule has 0 spiro atoms.